The Bertz CT molecular complexity index is 343. The summed E-state index contributed by atoms with van der Waals surface area (Å²) in [7, 11) is 4.27. The van der Waals surface area contributed by atoms with Gasteiger partial charge in [0.1, 0.15) is 0 Å². The van der Waals surface area contributed by atoms with E-state index in [9.17, 15) is 0 Å². The molecule has 20 heavy (non-hydrogen) atoms. The minimum Gasteiger partial charge on any atom is -0.310 e. The van der Waals surface area contributed by atoms with Crippen molar-refractivity contribution in [1.29, 1.82) is 0 Å². The topological polar surface area (TPSA) is 15.3 Å². The van der Waals surface area contributed by atoms with Gasteiger partial charge in [-0.25, -0.2) is 0 Å². The lowest BCUT2D eigenvalue weighted by molar-refractivity contribution is 0.389. The highest BCUT2D eigenvalue weighted by molar-refractivity contribution is 5.24. The summed E-state index contributed by atoms with van der Waals surface area (Å²) in [5, 5.41) is 3.62. The lowest BCUT2D eigenvalue weighted by Crippen LogP contribution is -2.21. The molecule has 1 atom stereocenters. The van der Waals surface area contributed by atoms with Crippen molar-refractivity contribution in [3.05, 3.63) is 35.4 Å². The van der Waals surface area contributed by atoms with Crippen LogP contribution in [-0.2, 0) is 6.42 Å². The van der Waals surface area contributed by atoms with Crippen LogP contribution < -0.4 is 5.32 Å². The van der Waals surface area contributed by atoms with E-state index in [4.69, 9.17) is 0 Å². The molecular weight excluding hydrogens is 244 g/mol. The average Bonchev–Trinajstić information content (AvgIpc) is 2.44. The molecule has 0 amide bonds. The van der Waals surface area contributed by atoms with Crippen molar-refractivity contribution in [2.75, 3.05) is 27.2 Å². The number of hydrogen-bond acceptors (Lipinski definition) is 2. The monoisotopic (exact) mass is 276 g/mol. The summed E-state index contributed by atoms with van der Waals surface area (Å²) in [6.07, 6.45) is 6.29. The first-order chi connectivity index (χ1) is 9.63. The Balaban J connectivity index is 2.26. The van der Waals surface area contributed by atoms with Gasteiger partial charge in [0.15, 0.2) is 0 Å². The summed E-state index contributed by atoms with van der Waals surface area (Å²) in [6.45, 7) is 6.79. The first-order valence-electron chi connectivity index (χ1n) is 8.10. The first-order valence-corrected chi connectivity index (χ1v) is 8.10. The maximum atomic E-state index is 3.62. The third-order valence-electron chi connectivity index (χ3n) is 3.78. The quantitative estimate of drug-likeness (QED) is 0.649. The average molecular weight is 276 g/mol. The molecule has 1 aromatic carbocycles. The van der Waals surface area contributed by atoms with Crippen LogP contribution in [-0.4, -0.2) is 32.1 Å². The normalized spacial score (nSPS) is 12.8. The van der Waals surface area contributed by atoms with Crippen molar-refractivity contribution in [2.24, 2.45) is 0 Å². The minimum atomic E-state index is 0.453. The van der Waals surface area contributed by atoms with Crippen LogP contribution >= 0.6 is 0 Å². The summed E-state index contributed by atoms with van der Waals surface area (Å²) in [5.41, 5.74) is 2.87. The van der Waals surface area contributed by atoms with Crippen LogP contribution in [0, 0.1) is 0 Å². The van der Waals surface area contributed by atoms with Gasteiger partial charge in [-0.3, -0.25) is 0 Å². The van der Waals surface area contributed by atoms with Crippen LogP contribution in [0.4, 0.5) is 0 Å². The Hall–Kier alpha value is -0.860. The first kappa shape index (κ1) is 17.2. The number of nitrogens with one attached hydrogen (secondary N) is 1. The number of aryl methyl sites for hydroxylation is 1. The van der Waals surface area contributed by atoms with E-state index in [-0.39, 0.29) is 0 Å². The zero-order valence-electron chi connectivity index (χ0n) is 13.8. The lowest BCUT2D eigenvalue weighted by atomic mass is 10.0. The molecule has 0 spiro atoms. The molecule has 0 radical (unpaired) electrons. The van der Waals surface area contributed by atoms with Crippen molar-refractivity contribution in [3.8, 4) is 0 Å². The van der Waals surface area contributed by atoms with Crippen LogP contribution in [0.15, 0.2) is 24.3 Å². The molecule has 0 bridgehead atoms. The molecule has 1 N–H and O–H groups in total. The second kappa shape index (κ2) is 9.95. The number of rotatable bonds is 10. The van der Waals surface area contributed by atoms with Gasteiger partial charge >= 0.3 is 0 Å². The Morgan fingerprint density at radius 3 is 2.35 bits per heavy atom. The highest BCUT2D eigenvalue weighted by Gasteiger charge is 2.04. The second-order valence-corrected chi connectivity index (χ2v) is 6.03. The molecule has 0 saturated carbocycles. The van der Waals surface area contributed by atoms with Crippen molar-refractivity contribution in [3.63, 3.8) is 0 Å². The maximum Gasteiger partial charge on any atom is 0.0291 e. The number of nitrogens with zero attached hydrogens (tertiary/aromatic N) is 1. The molecule has 0 saturated heterocycles. The molecule has 0 aliphatic heterocycles. The fourth-order valence-corrected chi connectivity index (χ4v) is 2.34. The van der Waals surface area contributed by atoms with Crippen LogP contribution in [0.2, 0.25) is 0 Å². The third kappa shape index (κ3) is 7.06. The summed E-state index contributed by atoms with van der Waals surface area (Å²) >= 11 is 0. The number of unbranched alkanes of at least 4 members (excludes halogenated alkanes) is 2. The van der Waals surface area contributed by atoms with Crippen LogP contribution in [0.3, 0.4) is 0 Å². The van der Waals surface area contributed by atoms with Gasteiger partial charge in [0, 0.05) is 6.04 Å². The molecule has 0 heterocycles. The van der Waals surface area contributed by atoms with Gasteiger partial charge in [-0.2, -0.15) is 0 Å². The van der Waals surface area contributed by atoms with Gasteiger partial charge in [0.25, 0.3) is 0 Å². The van der Waals surface area contributed by atoms with E-state index in [1.54, 1.807) is 0 Å². The van der Waals surface area contributed by atoms with Gasteiger partial charge in [-0.15, -0.1) is 0 Å². The zero-order chi connectivity index (χ0) is 14.8. The van der Waals surface area contributed by atoms with E-state index in [1.165, 1.54) is 49.8 Å². The standard InChI is InChI=1S/C18H32N2/c1-5-6-9-17-10-12-18(13-11-17)16(2)19-14-7-8-15-20(3)4/h10-13,16,19H,5-9,14-15H2,1-4H3. The minimum absolute atomic E-state index is 0.453. The molecule has 0 aromatic heterocycles. The molecule has 1 rings (SSSR count). The molecule has 0 fully saturated rings. The van der Waals surface area contributed by atoms with E-state index < -0.39 is 0 Å². The smallest absolute Gasteiger partial charge is 0.0291 e. The summed E-state index contributed by atoms with van der Waals surface area (Å²) in [4.78, 5) is 2.25. The molecule has 1 unspecified atom stereocenters. The Labute approximate surface area is 125 Å². The van der Waals surface area contributed by atoms with Crippen molar-refractivity contribution in [1.82, 2.24) is 10.2 Å². The highest BCUT2D eigenvalue weighted by atomic mass is 15.0. The number of benzene rings is 1. The molecular formula is C18H32N2. The maximum absolute atomic E-state index is 3.62. The zero-order valence-corrected chi connectivity index (χ0v) is 13.8. The van der Waals surface area contributed by atoms with Crippen molar-refractivity contribution < 1.29 is 0 Å². The predicted octanol–water partition coefficient (Wildman–Crippen LogP) is 4.02. The van der Waals surface area contributed by atoms with E-state index in [2.05, 4.69) is 62.4 Å². The van der Waals surface area contributed by atoms with E-state index in [1.807, 2.05) is 0 Å². The fourth-order valence-electron chi connectivity index (χ4n) is 2.34. The SMILES string of the molecule is CCCCc1ccc(C(C)NCCCCN(C)C)cc1. The Morgan fingerprint density at radius 1 is 1.05 bits per heavy atom. The summed E-state index contributed by atoms with van der Waals surface area (Å²) in [6, 6.07) is 9.59. The van der Waals surface area contributed by atoms with Crippen LogP contribution in [0.5, 0.6) is 0 Å². The van der Waals surface area contributed by atoms with Gasteiger partial charge in [0.2, 0.25) is 0 Å². The van der Waals surface area contributed by atoms with Gasteiger partial charge < -0.3 is 10.2 Å². The lowest BCUT2D eigenvalue weighted by Gasteiger charge is -2.15. The Morgan fingerprint density at radius 2 is 1.75 bits per heavy atom. The second-order valence-electron chi connectivity index (χ2n) is 6.03. The largest absolute Gasteiger partial charge is 0.310 e. The van der Waals surface area contributed by atoms with Crippen LogP contribution in [0.1, 0.15) is 56.7 Å². The molecule has 114 valence electrons. The van der Waals surface area contributed by atoms with E-state index in [0.717, 1.165) is 6.54 Å². The Kier molecular flexibility index (Phi) is 8.56. The van der Waals surface area contributed by atoms with E-state index >= 15 is 0 Å². The third-order valence-corrected chi connectivity index (χ3v) is 3.78. The predicted molar refractivity (Wildman–Crippen MR) is 89.3 cm³/mol. The van der Waals surface area contributed by atoms with Crippen molar-refractivity contribution in [2.45, 2.75) is 52.0 Å². The molecule has 0 aliphatic rings. The molecule has 0 aliphatic carbocycles. The fraction of sp³-hybridized carbons (Fsp3) is 0.667. The van der Waals surface area contributed by atoms with Gasteiger partial charge in [-0.1, -0.05) is 37.6 Å². The number of hydrogen-bond donors (Lipinski definition) is 1. The van der Waals surface area contributed by atoms with Gasteiger partial charge in [-0.05, 0) is 70.9 Å². The molecule has 1 aromatic rings. The van der Waals surface area contributed by atoms with Crippen LogP contribution in [0.25, 0.3) is 0 Å². The molecule has 2 nitrogen and oxygen atoms in total. The summed E-state index contributed by atoms with van der Waals surface area (Å²) in [5.74, 6) is 0. The van der Waals surface area contributed by atoms with E-state index in [0.29, 0.717) is 6.04 Å². The van der Waals surface area contributed by atoms with Crippen molar-refractivity contribution >= 4 is 0 Å². The van der Waals surface area contributed by atoms with Gasteiger partial charge in [0.05, 0.1) is 0 Å². The summed E-state index contributed by atoms with van der Waals surface area (Å²) < 4.78 is 0. The highest BCUT2D eigenvalue weighted by Crippen LogP contribution is 2.14. The molecule has 2 heteroatoms.